The Morgan fingerprint density at radius 1 is 0.943 bits per heavy atom. The van der Waals surface area contributed by atoms with Crippen molar-refractivity contribution in [3.63, 3.8) is 0 Å². The molecule has 0 fully saturated rings. The molecule has 0 radical (unpaired) electrons. The number of carbonyl (C=O) groups is 1. The van der Waals surface area contributed by atoms with Crippen LogP contribution in [0.5, 0.6) is 0 Å². The lowest BCUT2D eigenvalue weighted by Crippen LogP contribution is -2.26. The number of hydrogen-bond donors (Lipinski definition) is 2. The Balaban J connectivity index is 1.56. The van der Waals surface area contributed by atoms with E-state index in [1.165, 1.54) is 6.07 Å². The number of pyridine rings is 2. The van der Waals surface area contributed by atoms with Crippen LogP contribution in [0.25, 0.3) is 33.4 Å². The Bertz CT molecular complexity index is 1550. The minimum Gasteiger partial charge on any atom is -0.382 e. The quantitative estimate of drug-likeness (QED) is 0.390. The molecule has 3 aromatic heterocycles. The van der Waals surface area contributed by atoms with Gasteiger partial charge in [0.05, 0.1) is 35.3 Å². The average Bonchev–Trinajstić information content (AvgIpc) is 2.88. The molecule has 0 aliphatic rings. The van der Waals surface area contributed by atoms with Crippen molar-refractivity contribution in [3.8, 4) is 22.5 Å². The maximum Gasteiger partial charge on any atom is 0.274 e. The van der Waals surface area contributed by atoms with Crippen LogP contribution >= 0.6 is 0 Å². The predicted molar refractivity (Wildman–Crippen MR) is 133 cm³/mol. The Kier molecular flexibility index (Phi) is 5.85. The molecule has 0 spiro atoms. The summed E-state index contributed by atoms with van der Waals surface area (Å²) in [6.07, 6.45) is 2.85. The molecule has 3 heterocycles. The zero-order valence-corrected chi connectivity index (χ0v) is 18.9. The molecule has 35 heavy (non-hydrogen) atoms. The highest BCUT2D eigenvalue weighted by Crippen LogP contribution is 2.32. The number of nitrogens with two attached hydrogens (primary N) is 1. The number of nitrogens with zero attached hydrogens (tertiary/aromatic N) is 4. The van der Waals surface area contributed by atoms with Gasteiger partial charge in [0, 0.05) is 22.7 Å². The summed E-state index contributed by atoms with van der Waals surface area (Å²) in [5, 5.41) is 3.70. The minimum absolute atomic E-state index is 0.00531. The van der Waals surface area contributed by atoms with Gasteiger partial charge in [-0.15, -0.1) is 0 Å². The smallest absolute Gasteiger partial charge is 0.274 e. The molecular weight excluding hydrogens is 443 g/mol. The molecule has 0 atom stereocenters. The minimum atomic E-state index is -0.496. The third-order valence-corrected chi connectivity index (χ3v) is 5.63. The SMILES string of the molecule is Cc1cc(F)cnc1CNC(=O)c1nc(-c2ccc3ncccc3c2)c(-c2ccccc2)nc1N. The highest BCUT2D eigenvalue weighted by Gasteiger charge is 2.20. The third-order valence-electron chi connectivity index (χ3n) is 5.63. The number of anilines is 1. The molecule has 7 nitrogen and oxygen atoms in total. The van der Waals surface area contributed by atoms with Crippen molar-refractivity contribution in [3.05, 3.63) is 102 Å². The lowest BCUT2D eigenvalue weighted by Gasteiger charge is -2.14. The number of halogens is 1. The fourth-order valence-electron chi connectivity index (χ4n) is 3.84. The van der Waals surface area contributed by atoms with Gasteiger partial charge in [0.1, 0.15) is 5.82 Å². The van der Waals surface area contributed by atoms with E-state index in [0.717, 1.165) is 28.2 Å². The zero-order valence-electron chi connectivity index (χ0n) is 18.9. The maximum absolute atomic E-state index is 13.4. The van der Waals surface area contributed by atoms with Crippen LogP contribution in [-0.4, -0.2) is 25.8 Å². The summed E-state index contributed by atoms with van der Waals surface area (Å²) in [7, 11) is 0. The number of fused-ring (bicyclic) bond motifs is 1. The lowest BCUT2D eigenvalue weighted by atomic mass is 10.0. The van der Waals surface area contributed by atoms with Crippen LogP contribution in [0, 0.1) is 12.7 Å². The fourth-order valence-corrected chi connectivity index (χ4v) is 3.84. The lowest BCUT2D eigenvalue weighted by molar-refractivity contribution is 0.0946. The van der Waals surface area contributed by atoms with E-state index < -0.39 is 11.7 Å². The van der Waals surface area contributed by atoms with Crippen LogP contribution in [0.2, 0.25) is 0 Å². The van der Waals surface area contributed by atoms with Crippen molar-refractivity contribution < 1.29 is 9.18 Å². The second-order valence-corrected chi connectivity index (χ2v) is 8.03. The first kappa shape index (κ1) is 22.1. The number of nitrogens with one attached hydrogen (secondary N) is 1. The normalized spacial score (nSPS) is 10.9. The van der Waals surface area contributed by atoms with Crippen molar-refractivity contribution >= 4 is 22.6 Å². The van der Waals surface area contributed by atoms with Gasteiger partial charge < -0.3 is 11.1 Å². The van der Waals surface area contributed by atoms with Crippen molar-refractivity contribution in [2.45, 2.75) is 13.5 Å². The van der Waals surface area contributed by atoms with Gasteiger partial charge >= 0.3 is 0 Å². The largest absolute Gasteiger partial charge is 0.382 e. The van der Waals surface area contributed by atoms with Gasteiger partial charge in [-0.2, -0.15) is 0 Å². The Morgan fingerprint density at radius 2 is 1.74 bits per heavy atom. The number of hydrogen-bond acceptors (Lipinski definition) is 6. The van der Waals surface area contributed by atoms with Gasteiger partial charge in [-0.1, -0.05) is 42.5 Å². The Hall–Kier alpha value is -4.72. The molecule has 0 unspecified atom stereocenters. The topological polar surface area (TPSA) is 107 Å². The first-order valence-electron chi connectivity index (χ1n) is 11.0. The summed E-state index contributed by atoms with van der Waals surface area (Å²) < 4.78 is 13.4. The van der Waals surface area contributed by atoms with Crippen LogP contribution in [0.4, 0.5) is 10.2 Å². The highest BCUT2D eigenvalue weighted by molar-refractivity contribution is 5.98. The van der Waals surface area contributed by atoms with E-state index in [9.17, 15) is 9.18 Å². The van der Waals surface area contributed by atoms with Crippen molar-refractivity contribution in [2.75, 3.05) is 5.73 Å². The number of benzene rings is 2. The summed E-state index contributed by atoms with van der Waals surface area (Å²) in [5.74, 6) is -0.917. The van der Waals surface area contributed by atoms with Gasteiger partial charge in [0.25, 0.3) is 5.91 Å². The van der Waals surface area contributed by atoms with E-state index in [-0.39, 0.29) is 18.1 Å². The Labute approximate surface area is 200 Å². The molecule has 172 valence electrons. The van der Waals surface area contributed by atoms with E-state index in [4.69, 9.17) is 5.73 Å². The summed E-state index contributed by atoms with van der Waals surface area (Å²) in [6.45, 7) is 1.83. The monoisotopic (exact) mass is 464 g/mol. The second kappa shape index (κ2) is 9.26. The van der Waals surface area contributed by atoms with Gasteiger partial charge in [0.2, 0.25) is 0 Å². The zero-order chi connectivity index (χ0) is 24.4. The first-order chi connectivity index (χ1) is 17.0. The molecule has 1 amide bonds. The molecule has 0 aliphatic carbocycles. The van der Waals surface area contributed by atoms with Crippen LogP contribution < -0.4 is 11.1 Å². The van der Waals surface area contributed by atoms with Crippen LogP contribution in [0.3, 0.4) is 0 Å². The number of rotatable bonds is 5. The number of nitrogen functional groups attached to an aromatic ring is 1. The van der Waals surface area contributed by atoms with Crippen LogP contribution in [-0.2, 0) is 6.54 Å². The van der Waals surface area contributed by atoms with E-state index in [1.54, 1.807) is 13.1 Å². The number of aryl methyl sites for hydroxylation is 1. The van der Waals surface area contributed by atoms with Gasteiger partial charge in [-0.3, -0.25) is 14.8 Å². The summed E-state index contributed by atoms with van der Waals surface area (Å²) >= 11 is 0. The molecule has 0 saturated heterocycles. The molecule has 5 aromatic rings. The molecule has 8 heteroatoms. The van der Waals surface area contributed by atoms with Gasteiger partial charge in [-0.25, -0.2) is 14.4 Å². The van der Waals surface area contributed by atoms with E-state index >= 15 is 0 Å². The van der Waals surface area contributed by atoms with Crippen molar-refractivity contribution in [1.82, 2.24) is 25.3 Å². The van der Waals surface area contributed by atoms with Crippen LogP contribution in [0.15, 0.2) is 79.1 Å². The van der Waals surface area contributed by atoms with E-state index in [1.807, 2.05) is 60.7 Å². The van der Waals surface area contributed by atoms with Gasteiger partial charge in [0.15, 0.2) is 11.5 Å². The van der Waals surface area contributed by atoms with Crippen molar-refractivity contribution in [1.29, 1.82) is 0 Å². The van der Waals surface area contributed by atoms with E-state index in [0.29, 0.717) is 22.6 Å². The van der Waals surface area contributed by atoms with Crippen molar-refractivity contribution in [2.24, 2.45) is 0 Å². The standard InChI is InChI=1S/C27H21FN6O/c1-16-12-20(28)14-31-22(16)15-32-27(35)25-26(29)34-23(17-6-3-2-4-7-17)24(33-25)19-9-10-21-18(13-19)8-5-11-30-21/h2-14H,15H2,1H3,(H2,29,34)(H,32,35). The van der Waals surface area contributed by atoms with Crippen LogP contribution in [0.1, 0.15) is 21.7 Å². The number of amides is 1. The molecule has 0 bridgehead atoms. The maximum atomic E-state index is 13.4. The molecule has 3 N–H and O–H groups in total. The molecule has 0 saturated carbocycles. The summed E-state index contributed by atoms with van der Waals surface area (Å²) in [4.78, 5) is 30.7. The molecule has 5 rings (SSSR count). The third kappa shape index (κ3) is 4.54. The fraction of sp³-hybridized carbons (Fsp3) is 0.0741. The first-order valence-corrected chi connectivity index (χ1v) is 11.0. The van der Waals surface area contributed by atoms with E-state index in [2.05, 4.69) is 25.3 Å². The predicted octanol–water partition coefficient (Wildman–Crippen LogP) is 4.71. The molecule has 2 aromatic carbocycles. The highest BCUT2D eigenvalue weighted by atomic mass is 19.1. The Morgan fingerprint density at radius 3 is 2.54 bits per heavy atom. The second-order valence-electron chi connectivity index (χ2n) is 8.03. The van der Waals surface area contributed by atoms with Gasteiger partial charge in [-0.05, 0) is 36.8 Å². The number of carbonyl (C=O) groups excluding carboxylic acids is 1. The molecule has 0 aliphatic heterocycles. The number of aromatic nitrogens is 4. The summed E-state index contributed by atoms with van der Waals surface area (Å²) in [5.41, 5.74) is 10.9. The summed E-state index contributed by atoms with van der Waals surface area (Å²) in [6, 6.07) is 20.5. The average molecular weight is 465 g/mol. The molecular formula is C27H21FN6O.